The number of amides is 1. The van der Waals surface area contributed by atoms with Crippen molar-refractivity contribution < 1.29 is 4.79 Å². The molecule has 2 rings (SSSR count). The Morgan fingerprint density at radius 2 is 1.61 bits per heavy atom. The van der Waals surface area contributed by atoms with E-state index in [1.165, 1.54) is 19.3 Å². The van der Waals surface area contributed by atoms with E-state index in [1.807, 2.05) is 11.8 Å². The summed E-state index contributed by atoms with van der Waals surface area (Å²) in [6.45, 7) is 13.0. The first-order valence-corrected chi connectivity index (χ1v) is 7.33. The number of piperidine rings is 1. The van der Waals surface area contributed by atoms with Gasteiger partial charge in [-0.3, -0.25) is 4.79 Å². The molecule has 104 valence electrons. The second-order valence-corrected chi connectivity index (χ2v) is 7.15. The molecule has 0 aromatic rings. The van der Waals surface area contributed by atoms with E-state index in [9.17, 15) is 4.79 Å². The van der Waals surface area contributed by atoms with Gasteiger partial charge in [0.05, 0.1) is 6.04 Å². The molecule has 1 heterocycles. The SMILES string of the molecule is CC(NC1C(C)(C)C1(C)C)C(=O)N1CCCCC1. The van der Waals surface area contributed by atoms with Crippen LogP contribution in [0.1, 0.15) is 53.9 Å². The van der Waals surface area contributed by atoms with E-state index >= 15 is 0 Å². The Kier molecular flexibility index (Phi) is 3.48. The molecule has 18 heavy (non-hydrogen) atoms. The highest BCUT2D eigenvalue weighted by molar-refractivity contribution is 5.81. The zero-order valence-corrected chi connectivity index (χ0v) is 12.5. The largest absolute Gasteiger partial charge is 0.341 e. The number of likely N-dealkylation sites (tertiary alicyclic amines) is 1. The summed E-state index contributed by atoms with van der Waals surface area (Å²) in [5.74, 6) is 0.285. The summed E-state index contributed by atoms with van der Waals surface area (Å²) in [6.07, 6.45) is 3.60. The van der Waals surface area contributed by atoms with E-state index in [0.717, 1.165) is 13.1 Å². The van der Waals surface area contributed by atoms with Crippen LogP contribution in [0.3, 0.4) is 0 Å². The average molecular weight is 252 g/mol. The van der Waals surface area contributed by atoms with Gasteiger partial charge in [0.1, 0.15) is 0 Å². The minimum atomic E-state index is -0.0471. The molecule has 3 heteroatoms. The molecule has 2 aliphatic rings. The Labute approximate surface area is 111 Å². The first kappa shape index (κ1) is 13.9. The predicted octanol–water partition coefficient (Wildman–Crippen LogP) is 2.41. The van der Waals surface area contributed by atoms with Gasteiger partial charge in [0.25, 0.3) is 0 Å². The second kappa shape index (κ2) is 4.52. The molecule has 0 radical (unpaired) electrons. The van der Waals surface area contributed by atoms with E-state index in [2.05, 4.69) is 33.0 Å². The average Bonchev–Trinajstić information content (AvgIpc) is 2.72. The maximum atomic E-state index is 12.3. The van der Waals surface area contributed by atoms with Crippen LogP contribution in [0.5, 0.6) is 0 Å². The van der Waals surface area contributed by atoms with Crippen molar-refractivity contribution >= 4 is 5.91 Å². The summed E-state index contributed by atoms with van der Waals surface area (Å²) < 4.78 is 0. The number of nitrogens with zero attached hydrogens (tertiary/aromatic N) is 1. The van der Waals surface area contributed by atoms with Crippen LogP contribution in [-0.4, -0.2) is 36.0 Å². The van der Waals surface area contributed by atoms with Gasteiger partial charge < -0.3 is 10.2 Å². The van der Waals surface area contributed by atoms with Crippen molar-refractivity contribution in [3.05, 3.63) is 0 Å². The van der Waals surface area contributed by atoms with Crippen LogP contribution in [0.2, 0.25) is 0 Å². The predicted molar refractivity (Wildman–Crippen MR) is 74.4 cm³/mol. The molecule has 1 saturated carbocycles. The third-order valence-electron chi connectivity index (χ3n) is 5.48. The van der Waals surface area contributed by atoms with Crippen molar-refractivity contribution in [1.82, 2.24) is 10.2 Å². The minimum absolute atomic E-state index is 0.0471. The van der Waals surface area contributed by atoms with Crippen LogP contribution in [0.15, 0.2) is 0 Å². The smallest absolute Gasteiger partial charge is 0.239 e. The molecule has 0 aromatic carbocycles. The van der Waals surface area contributed by atoms with Crippen molar-refractivity contribution in [3.63, 3.8) is 0 Å². The fraction of sp³-hybridized carbons (Fsp3) is 0.933. The van der Waals surface area contributed by atoms with Gasteiger partial charge in [-0.25, -0.2) is 0 Å². The maximum absolute atomic E-state index is 12.3. The Hall–Kier alpha value is -0.570. The summed E-state index contributed by atoms with van der Waals surface area (Å²) in [7, 11) is 0. The van der Waals surface area contributed by atoms with Gasteiger partial charge in [0.2, 0.25) is 5.91 Å². The number of rotatable bonds is 3. The zero-order chi connectivity index (χ0) is 13.6. The van der Waals surface area contributed by atoms with Crippen LogP contribution < -0.4 is 5.32 Å². The summed E-state index contributed by atoms with van der Waals surface area (Å²) in [4.78, 5) is 14.4. The highest BCUT2D eigenvalue weighted by Crippen LogP contribution is 2.62. The van der Waals surface area contributed by atoms with E-state index in [0.29, 0.717) is 16.9 Å². The normalized spacial score (nSPS) is 27.9. The highest BCUT2D eigenvalue weighted by Gasteiger charge is 2.65. The molecule has 1 aliphatic heterocycles. The fourth-order valence-electron chi connectivity index (χ4n) is 3.32. The number of carbonyl (C=O) groups is 1. The summed E-state index contributed by atoms with van der Waals surface area (Å²) in [5.41, 5.74) is 0.590. The lowest BCUT2D eigenvalue weighted by molar-refractivity contribution is -0.134. The maximum Gasteiger partial charge on any atom is 0.239 e. The molecule has 0 bridgehead atoms. The van der Waals surface area contributed by atoms with Crippen LogP contribution in [0.4, 0.5) is 0 Å². The van der Waals surface area contributed by atoms with Gasteiger partial charge in [-0.1, -0.05) is 27.7 Å². The first-order valence-electron chi connectivity index (χ1n) is 7.33. The van der Waals surface area contributed by atoms with Crippen molar-refractivity contribution in [2.75, 3.05) is 13.1 Å². The molecule has 1 unspecified atom stereocenters. The standard InChI is InChI=1S/C15H28N2O/c1-11(12(18)17-9-7-6-8-10-17)16-13-14(2,3)15(13,4)5/h11,13,16H,6-10H2,1-5H3. The molecular weight excluding hydrogens is 224 g/mol. The number of carbonyl (C=O) groups excluding carboxylic acids is 1. The van der Waals surface area contributed by atoms with Gasteiger partial charge in [-0.05, 0) is 37.0 Å². The van der Waals surface area contributed by atoms with Gasteiger partial charge in [-0.15, -0.1) is 0 Å². The molecule has 1 amide bonds. The molecule has 1 saturated heterocycles. The Balaban J connectivity index is 1.89. The molecule has 1 aliphatic carbocycles. The molecule has 1 atom stereocenters. The lowest BCUT2D eigenvalue weighted by Gasteiger charge is -2.30. The van der Waals surface area contributed by atoms with Gasteiger partial charge >= 0.3 is 0 Å². The molecule has 2 fully saturated rings. The van der Waals surface area contributed by atoms with Gasteiger partial charge in [0, 0.05) is 19.1 Å². The van der Waals surface area contributed by atoms with Crippen molar-refractivity contribution in [2.45, 2.75) is 66.0 Å². The number of hydrogen-bond acceptors (Lipinski definition) is 2. The Morgan fingerprint density at radius 1 is 1.11 bits per heavy atom. The van der Waals surface area contributed by atoms with Crippen LogP contribution in [0, 0.1) is 10.8 Å². The summed E-state index contributed by atoms with van der Waals surface area (Å²) in [5, 5.41) is 3.54. The van der Waals surface area contributed by atoms with Crippen LogP contribution >= 0.6 is 0 Å². The topological polar surface area (TPSA) is 32.3 Å². The van der Waals surface area contributed by atoms with Gasteiger partial charge in [0.15, 0.2) is 0 Å². The van der Waals surface area contributed by atoms with Crippen molar-refractivity contribution in [2.24, 2.45) is 10.8 Å². The first-order chi connectivity index (χ1) is 8.28. The fourth-order valence-corrected chi connectivity index (χ4v) is 3.32. The second-order valence-electron chi connectivity index (χ2n) is 7.15. The molecule has 0 spiro atoms. The van der Waals surface area contributed by atoms with Crippen LogP contribution in [0.25, 0.3) is 0 Å². The summed E-state index contributed by atoms with van der Waals surface area (Å²) >= 11 is 0. The lowest BCUT2D eigenvalue weighted by Crippen LogP contribution is -2.48. The summed E-state index contributed by atoms with van der Waals surface area (Å²) in [6, 6.07) is 0.405. The number of hydrogen-bond donors (Lipinski definition) is 1. The third kappa shape index (κ3) is 2.18. The van der Waals surface area contributed by atoms with E-state index in [1.54, 1.807) is 0 Å². The van der Waals surface area contributed by atoms with E-state index in [-0.39, 0.29) is 11.9 Å². The van der Waals surface area contributed by atoms with E-state index < -0.39 is 0 Å². The van der Waals surface area contributed by atoms with Gasteiger partial charge in [-0.2, -0.15) is 0 Å². The zero-order valence-electron chi connectivity index (χ0n) is 12.5. The molecule has 0 aromatic heterocycles. The Morgan fingerprint density at radius 3 is 2.06 bits per heavy atom. The minimum Gasteiger partial charge on any atom is -0.341 e. The lowest BCUT2D eigenvalue weighted by atomic mass is 10.0. The van der Waals surface area contributed by atoms with Crippen LogP contribution in [-0.2, 0) is 4.79 Å². The number of nitrogens with one attached hydrogen (secondary N) is 1. The molecule has 1 N–H and O–H groups in total. The third-order valence-corrected chi connectivity index (χ3v) is 5.48. The molecule has 3 nitrogen and oxygen atoms in total. The van der Waals surface area contributed by atoms with Crippen molar-refractivity contribution in [1.29, 1.82) is 0 Å². The van der Waals surface area contributed by atoms with Crippen molar-refractivity contribution in [3.8, 4) is 0 Å². The monoisotopic (exact) mass is 252 g/mol. The highest BCUT2D eigenvalue weighted by atomic mass is 16.2. The quantitative estimate of drug-likeness (QED) is 0.836. The Bertz CT molecular complexity index is 315. The van der Waals surface area contributed by atoms with E-state index in [4.69, 9.17) is 0 Å². The molecular formula is C15H28N2O.